The third-order valence-corrected chi connectivity index (χ3v) is 4.97. The summed E-state index contributed by atoms with van der Waals surface area (Å²) in [5.41, 5.74) is 2.37. The maximum Gasteiger partial charge on any atom is 0.393 e. The molecular formula is C16H19ClF3N. The van der Waals surface area contributed by atoms with E-state index in [1.54, 1.807) is 0 Å². The van der Waals surface area contributed by atoms with E-state index in [1.165, 1.54) is 11.1 Å². The molecule has 3 rings (SSSR count). The summed E-state index contributed by atoms with van der Waals surface area (Å²) in [6.07, 6.45) is -0.0690. The molecule has 0 bridgehead atoms. The van der Waals surface area contributed by atoms with Gasteiger partial charge in [0.25, 0.3) is 0 Å². The summed E-state index contributed by atoms with van der Waals surface area (Å²) >= 11 is 5.98. The number of fused-ring (bicyclic) bond motifs is 1. The molecular weight excluding hydrogens is 299 g/mol. The maximum atomic E-state index is 13.1. The first-order valence-electron chi connectivity index (χ1n) is 7.53. The third-order valence-electron chi connectivity index (χ3n) is 4.74. The van der Waals surface area contributed by atoms with Crippen LogP contribution in [-0.2, 0) is 12.8 Å². The summed E-state index contributed by atoms with van der Waals surface area (Å²) in [4.78, 5) is 0. The summed E-state index contributed by atoms with van der Waals surface area (Å²) in [6.45, 7) is 0. The number of alkyl halides is 3. The van der Waals surface area contributed by atoms with Crippen LogP contribution in [-0.4, -0.2) is 18.3 Å². The Morgan fingerprint density at radius 3 is 2.52 bits per heavy atom. The lowest BCUT2D eigenvalue weighted by Gasteiger charge is -2.35. The van der Waals surface area contributed by atoms with Crippen molar-refractivity contribution in [3.8, 4) is 0 Å². The molecule has 0 saturated heterocycles. The van der Waals surface area contributed by atoms with Crippen LogP contribution in [0.25, 0.3) is 0 Å². The Kier molecular flexibility index (Phi) is 4.19. The second-order valence-electron chi connectivity index (χ2n) is 6.22. The van der Waals surface area contributed by atoms with E-state index in [4.69, 9.17) is 11.6 Å². The van der Waals surface area contributed by atoms with E-state index in [0.717, 1.165) is 19.3 Å². The van der Waals surface area contributed by atoms with Crippen molar-refractivity contribution in [2.24, 2.45) is 5.92 Å². The lowest BCUT2D eigenvalue weighted by atomic mass is 9.83. The minimum Gasteiger partial charge on any atom is -0.310 e. The minimum absolute atomic E-state index is 0.103. The first kappa shape index (κ1) is 15.2. The number of benzene rings is 1. The summed E-state index contributed by atoms with van der Waals surface area (Å²) < 4.78 is 39.4. The van der Waals surface area contributed by atoms with Gasteiger partial charge >= 0.3 is 6.18 Å². The van der Waals surface area contributed by atoms with Crippen molar-refractivity contribution in [1.29, 1.82) is 0 Å². The normalized spacial score (nSPS) is 29.4. The molecule has 0 heterocycles. The summed E-state index contributed by atoms with van der Waals surface area (Å²) in [6, 6.07) is 5.43. The molecule has 1 aromatic rings. The SMILES string of the molecule is FC(F)(F)C1CCCCC1NC1Cc2ccc(Cl)cc2C1. The van der Waals surface area contributed by atoms with Gasteiger partial charge in [-0.25, -0.2) is 0 Å². The van der Waals surface area contributed by atoms with Gasteiger partial charge in [0.1, 0.15) is 0 Å². The van der Waals surface area contributed by atoms with Crippen molar-refractivity contribution in [3.05, 3.63) is 34.3 Å². The highest BCUT2D eigenvalue weighted by molar-refractivity contribution is 6.30. The van der Waals surface area contributed by atoms with Gasteiger partial charge in [-0.05, 0) is 48.9 Å². The third kappa shape index (κ3) is 3.37. The van der Waals surface area contributed by atoms with Crippen LogP contribution in [0.2, 0.25) is 5.02 Å². The van der Waals surface area contributed by atoms with Gasteiger partial charge in [-0.1, -0.05) is 30.5 Å². The van der Waals surface area contributed by atoms with Crippen LogP contribution in [0.5, 0.6) is 0 Å². The van der Waals surface area contributed by atoms with E-state index < -0.39 is 18.1 Å². The predicted molar refractivity (Wildman–Crippen MR) is 77.6 cm³/mol. The van der Waals surface area contributed by atoms with E-state index in [0.29, 0.717) is 17.9 Å². The molecule has 1 fully saturated rings. The Balaban J connectivity index is 1.67. The van der Waals surface area contributed by atoms with Gasteiger partial charge < -0.3 is 5.32 Å². The fourth-order valence-electron chi connectivity index (χ4n) is 3.73. The first-order valence-corrected chi connectivity index (χ1v) is 7.91. The van der Waals surface area contributed by atoms with Crippen LogP contribution in [0.3, 0.4) is 0 Å². The Hall–Kier alpha value is -0.740. The smallest absolute Gasteiger partial charge is 0.310 e. The molecule has 116 valence electrons. The quantitative estimate of drug-likeness (QED) is 0.845. The molecule has 2 aliphatic carbocycles. The van der Waals surface area contributed by atoms with Crippen molar-refractivity contribution >= 4 is 11.6 Å². The molecule has 0 aliphatic heterocycles. The Bertz CT molecular complexity index is 515. The molecule has 1 aromatic carbocycles. The van der Waals surface area contributed by atoms with Gasteiger partial charge in [0.15, 0.2) is 0 Å². The van der Waals surface area contributed by atoms with Crippen LogP contribution in [0.1, 0.15) is 36.8 Å². The summed E-state index contributed by atoms with van der Waals surface area (Å²) in [5, 5.41) is 3.97. The molecule has 0 amide bonds. The number of rotatable bonds is 2. The number of hydrogen-bond acceptors (Lipinski definition) is 1. The second kappa shape index (κ2) is 5.81. The van der Waals surface area contributed by atoms with Gasteiger partial charge in [-0.15, -0.1) is 0 Å². The zero-order chi connectivity index (χ0) is 15.0. The summed E-state index contributed by atoms with van der Waals surface area (Å²) in [5.74, 6) is -1.20. The van der Waals surface area contributed by atoms with Crippen LogP contribution in [0, 0.1) is 5.92 Å². The molecule has 3 unspecified atom stereocenters. The van der Waals surface area contributed by atoms with E-state index in [2.05, 4.69) is 5.32 Å². The molecule has 1 nitrogen and oxygen atoms in total. The van der Waals surface area contributed by atoms with Crippen molar-refractivity contribution in [2.75, 3.05) is 0 Å². The molecule has 3 atom stereocenters. The molecule has 21 heavy (non-hydrogen) atoms. The minimum atomic E-state index is -4.09. The first-order chi connectivity index (χ1) is 9.93. The van der Waals surface area contributed by atoms with Crippen molar-refractivity contribution in [2.45, 2.75) is 56.8 Å². The lowest BCUT2D eigenvalue weighted by Crippen LogP contribution is -2.49. The average Bonchev–Trinajstić information content (AvgIpc) is 2.79. The van der Waals surface area contributed by atoms with Gasteiger partial charge in [-0.3, -0.25) is 0 Å². The van der Waals surface area contributed by atoms with Crippen LogP contribution in [0.4, 0.5) is 13.2 Å². The molecule has 0 spiro atoms. The van der Waals surface area contributed by atoms with Gasteiger partial charge in [0, 0.05) is 17.1 Å². The second-order valence-corrected chi connectivity index (χ2v) is 6.66. The monoisotopic (exact) mass is 317 g/mol. The van der Waals surface area contributed by atoms with Gasteiger partial charge in [0.2, 0.25) is 0 Å². The summed E-state index contributed by atoms with van der Waals surface area (Å²) in [7, 11) is 0. The van der Waals surface area contributed by atoms with Crippen LogP contribution < -0.4 is 5.32 Å². The van der Waals surface area contributed by atoms with Crippen molar-refractivity contribution in [3.63, 3.8) is 0 Å². The molecule has 2 aliphatic rings. The number of nitrogens with one attached hydrogen (secondary N) is 1. The zero-order valence-electron chi connectivity index (χ0n) is 11.7. The fraction of sp³-hybridized carbons (Fsp3) is 0.625. The van der Waals surface area contributed by atoms with Crippen LogP contribution in [0.15, 0.2) is 18.2 Å². The molecule has 1 saturated carbocycles. The largest absolute Gasteiger partial charge is 0.393 e. The van der Waals surface area contributed by atoms with Gasteiger partial charge in [0.05, 0.1) is 5.92 Å². The molecule has 5 heteroatoms. The highest BCUT2D eigenvalue weighted by Gasteiger charge is 2.46. The maximum absolute atomic E-state index is 13.1. The molecule has 0 aromatic heterocycles. The fourth-order valence-corrected chi connectivity index (χ4v) is 3.92. The van der Waals surface area contributed by atoms with E-state index in [1.807, 2.05) is 18.2 Å². The Labute approximate surface area is 127 Å². The molecule has 0 radical (unpaired) electrons. The zero-order valence-corrected chi connectivity index (χ0v) is 12.5. The standard InChI is InChI=1S/C16H19ClF3N/c17-12-6-5-10-8-13(9-11(10)7-12)21-15-4-2-1-3-14(15)16(18,19)20/h5-7,13-15,21H,1-4,8-9H2. The Morgan fingerprint density at radius 2 is 1.76 bits per heavy atom. The van der Waals surface area contributed by atoms with E-state index >= 15 is 0 Å². The number of hydrogen-bond donors (Lipinski definition) is 1. The average molecular weight is 318 g/mol. The van der Waals surface area contributed by atoms with Crippen molar-refractivity contribution in [1.82, 2.24) is 5.32 Å². The van der Waals surface area contributed by atoms with Gasteiger partial charge in [-0.2, -0.15) is 13.2 Å². The highest BCUT2D eigenvalue weighted by Crippen LogP contribution is 2.38. The topological polar surface area (TPSA) is 12.0 Å². The van der Waals surface area contributed by atoms with Crippen molar-refractivity contribution < 1.29 is 13.2 Å². The van der Waals surface area contributed by atoms with E-state index in [-0.39, 0.29) is 12.5 Å². The number of halogens is 4. The Morgan fingerprint density at radius 1 is 1.05 bits per heavy atom. The lowest BCUT2D eigenvalue weighted by molar-refractivity contribution is -0.189. The highest BCUT2D eigenvalue weighted by atomic mass is 35.5. The molecule has 1 N–H and O–H groups in total. The van der Waals surface area contributed by atoms with E-state index in [9.17, 15) is 13.2 Å². The predicted octanol–water partition coefficient (Wildman–Crippen LogP) is 4.52. The van der Waals surface area contributed by atoms with Crippen LogP contribution >= 0.6 is 11.6 Å².